The summed E-state index contributed by atoms with van der Waals surface area (Å²) in [7, 11) is 0. The van der Waals surface area contributed by atoms with Crippen molar-refractivity contribution in [3.63, 3.8) is 0 Å². The van der Waals surface area contributed by atoms with Crippen LogP contribution < -0.4 is 10.1 Å². The molecule has 2 unspecified atom stereocenters. The Morgan fingerprint density at radius 2 is 1.94 bits per heavy atom. The zero-order chi connectivity index (χ0) is 22.5. The fourth-order valence-electron chi connectivity index (χ4n) is 2.81. The van der Waals surface area contributed by atoms with Gasteiger partial charge < -0.3 is 14.5 Å². The topological polar surface area (TPSA) is 77.2 Å². The second-order valence-corrected chi connectivity index (χ2v) is 9.31. The highest BCUT2D eigenvalue weighted by Gasteiger charge is 2.21. The zero-order valence-corrected chi connectivity index (χ0v) is 19.9. The molecule has 1 aromatic heterocycles. The minimum absolute atomic E-state index is 0.157. The molecule has 6 nitrogen and oxygen atoms in total. The average Bonchev–Trinajstić information content (AvgIpc) is 3.15. The van der Waals surface area contributed by atoms with Crippen molar-refractivity contribution >= 4 is 40.9 Å². The van der Waals surface area contributed by atoms with Crippen LogP contribution in [0.4, 0.5) is 0 Å². The first-order chi connectivity index (χ1) is 14.7. The molecular formula is C22H23Cl2N3O3S. The van der Waals surface area contributed by atoms with E-state index in [9.17, 15) is 4.79 Å². The third-order valence-corrected chi connectivity index (χ3v) is 6.07. The summed E-state index contributed by atoms with van der Waals surface area (Å²) in [5.41, 5.74) is 2.93. The maximum absolute atomic E-state index is 12.6. The van der Waals surface area contributed by atoms with Gasteiger partial charge >= 0.3 is 0 Å². The number of nitrogens with zero attached hydrogens (tertiary/aromatic N) is 2. The molecule has 0 fully saturated rings. The third-order valence-electron chi connectivity index (χ3n) is 4.58. The molecule has 0 aliphatic carbocycles. The monoisotopic (exact) mass is 479 g/mol. The van der Waals surface area contributed by atoms with Crippen molar-refractivity contribution in [2.75, 3.05) is 0 Å². The van der Waals surface area contributed by atoms with Gasteiger partial charge in [-0.1, -0.05) is 53.2 Å². The summed E-state index contributed by atoms with van der Waals surface area (Å²) in [5.74, 6) is 0.947. The molecule has 1 heterocycles. The molecule has 0 saturated carbocycles. The van der Waals surface area contributed by atoms with E-state index in [2.05, 4.69) is 15.5 Å². The molecule has 1 amide bonds. The molecule has 2 atom stereocenters. The van der Waals surface area contributed by atoms with Crippen molar-refractivity contribution in [1.29, 1.82) is 0 Å². The normalized spacial score (nSPS) is 13.0. The third kappa shape index (κ3) is 6.38. The fraction of sp³-hybridized carbons (Fsp3) is 0.318. The molecule has 9 heteroatoms. The van der Waals surface area contributed by atoms with E-state index in [0.717, 1.165) is 22.4 Å². The smallest absolute Gasteiger partial charge is 0.277 e. The fourth-order valence-corrected chi connectivity index (χ4v) is 4.09. The van der Waals surface area contributed by atoms with Gasteiger partial charge in [0, 0.05) is 10.0 Å². The van der Waals surface area contributed by atoms with Gasteiger partial charge in [-0.25, -0.2) is 0 Å². The van der Waals surface area contributed by atoms with E-state index in [4.69, 9.17) is 32.4 Å². The zero-order valence-electron chi connectivity index (χ0n) is 17.6. The summed E-state index contributed by atoms with van der Waals surface area (Å²) >= 11 is 13.3. The van der Waals surface area contributed by atoms with E-state index in [1.54, 1.807) is 25.1 Å². The quantitative estimate of drug-likeness (QED) is 0.403. The molecule has 31 heavy (non-hydrogen) atoms. The minimum Gasteiger partial charge on any atom is -0.484 e. The number of thioether (sulfide) groups is 1. The molecule has 0 radical (unpaired) electrons. The summed E-state index contributed by atoms with van der Waals surface area (Å²) in [6.45, 7) is 7.77. The molecule has 1 N–H and O–H groups in total. The summed E-state index contributed by atoms with van der Waals surface area (Å²) in [6.07, 6.45) is 0. The van der Waals surface area contributed by atoms with Crippen molar-refractivity contribution in [3.8, 4) is 5.75 Å². The van der Waals surface area contributed by atoms with Gasteiger partial charge in [0.2, 0.25) is 5.91 Å². The van der Waals surface area contributed by atoms with E-state index in [1.165, 1.54) is 11.8 Å². The largest absolute Gasteiger partial charge is 0.484 e. The van der Waals surface area contributed by atoms with Crippen molar-refractivity contribution in [3.05, 3.63) is 69.0 Å². The second-order valence-electron chi connectivity index (χ2n) is 7.18. The molecule has 3 aromatic rings. The Balaban J connectivity index is 1.54. The molecule has 0 bridgehead atoms. The number of aryl methyl sites for hydroxylation is 2. The van der Waals surface area contributed by atoms with Crippen LogP contribution in [-0.2, 0) is 11.4 Å². The first kappa shape index (κ1) is 23.4. The van der Waals surface area contributed by atoms with Gasteiger partial charge in [-0.15, -0.1) is 10.2 Å². The van der Waals surface area contributed by atoms with Crippen LogP contribution in [0.2, 0.25) is 10.0 Å². The number of hydrogen-bond donors (Lipinski definition) is 1. The number of rotatable bonds is 8. The highest BCUT2D eigenvalue weighted by Crippen LogP contribution is 2.28. The van der Waals surface area contributed by atoms with Gasteiger partial charge in [-0.05, 0) is 62.6 Å². The maximum Gasteiger partial charge on any atom is 0.277 e. The number of amides is 1. The number of nitrogens with one attached hydrogen (secondary N) is 1. The summed E-state index contributed by atoms with van der Waals surface area (Å²) in [6, 6.07) is 10.9. The number of aromatic nitrogens is 2. The van der Waals surface area contributed by atoms with Crippen molar-refractivity contribution in [2.24, 2.45) is 0 Å². The Morgan fingerprint density at radius 1 is 1.16 bits per heavy atom. The molecule has 0 saturated heterocycles. The lowest BCUT2D eigenvalue weighted by Crippen LogP contribution is -2.33. The van der Waals surface area contributed by atoms with Crippen molar-refractivity contribution < 1.29 is 13.9 Å². The molecule has 2 aromatic carbocycles. The summed E-state index contributed by atoms with van der Waals surface area (Å²) in [5, 5.41) is 11.9. The highest BCUT2D eigenvalue weighted by molar-refractivity contribution is 8.00. The van der Waals surface area contributed by atoms with Gasteiger partial charge in [0.15, 0.2) is 6.61 Å². The molecule has 0 spiro atoms. The minimum atomic E-state index is -0.443. The molecular weight excluding hydrogens is 457 g/mol. The Morgan fingerprint density at radius 3 is 2.68 bits per heavy atom. The summed E-state index contributed by atoms with van der Waals surface area (Å²) in [4.78, 5) is 12.6. The van der Waals surface area contributed by atoms with Crippen LogP contribution in [0.15, 0.2) is 46.0 Å². The average molecular weight is 480 g/mol. The SMILES string of the molecule is Cc1ccc(C)c(OCc2nnc(SC(C)C(=O)NC(C)c3ccc(Cl)cc3Cl)o2)c1. The van der Waals surface area contributed by atoms with Crippen LogP contribution in [0.3, 0.4) is 0 Å². The lowest BCUT2D eigenvalue weighted by molar-refractivity contribution is -0.120. The Bertz CT molecular complexity index is 1070. The van der Waals surface area contributed by atoms with Crippen LogP contribution in [-0.4, -0.2) is 21.4 Å². The number of carbonyl (C=O) groups is 1. The Hall–Kier alpha value is -2.22. The van der Waals surface area contributed by atoms with Crippen LogP contribution in [0, 0.1) is 13.8 Å². The molecule has 3 rings (SSSR count). The predicted molar refractivity (Wildman–Crippen MR) is 123 cm³/mol. The van der Waals surface area contributed by atoms with Crippen LogP contribution >= 0.6 is 35.0 Å². The van der Waals surface area contributed by atoms with Gasteiger partial charge in [0.1, 0.15) is 5.75 Å². The molecule has 164 valence electrons. The van der Waals surface area contributed by atoms with Gasteiger partial charge in [0.05, 0.1) is 11.3 Å². The number of benzene rings is 2. The van der Waals surface area contributed by atoms with Gasteiger partial charge in [-0.2, -0.15) is 0 Å². The van der Waals surface area contributed by atoms with Crippen LogP contribution in [0.1, 0.15) is 42.5 Å². The number of halogens is 2. The maximum atomic E-state index is 12.6. The molecule has 0 aliphatic heterocycles. The lowest BCUT2D eigenvalue weighted by Gasteiger charge is -2.18. The number of carbonyl (C=O) groups excluding carboxylic acids is 1. The van der Waals surface area contributed by atoms with E-state index in [0.29, 0.717) is 21.2 Å². The second kappa shape index (κ2) is 10.4. The first-order valence-corrected chi connectivity index (χ1v) is 11.3. The molecule has 0 aliphatic rings. The predicted octanol–water partition coefficient (Wildman–Crippen LogP) is 5.93. The van der Waals surface area contributed by atoms with Gasteiger partial charge in [-0.3, -0.25) is 4.79 Å². The van der Waals surface area contributed by atoms with Crippen LogP contribution in [0.25, 0.3) is 0 Å². The standard InChI is InChI=1S/C22H23Cl2N3O3S/c1-12-5-6-13(2)19(9-12)29-11-20-26-27-22(30-20)31-15(4)21(28)25-14(3)17-8-7-16(23)10-18(17)24/h5-10,14-15H,11H2,1-4H3,(H,25,28). The lowest BCUT2D eigenvalue weighted by atomic mass is 10.1. The van der Waals surface area contributed by atoms with Crippen molar-refractivity contribution in [2.45, 2.75) is 50.8 Å². The number of hydrogen-bond acceptors (Lipinski definition) is 6. The van der Waals surface area contributed by atoms with Crippen LogP contribution in [0.5, 0.6) is 5.75 Å². The first-order valence-electron chi connectivity index (χ1n) is 9.67. The highest BCUT2D eigenvalue weighted by atomic mass is 35.5. The Kier molecular flexibility index (Phi) is 7.86. The Labute approximate surface area is 195 Å². The summed E-state index contributed by atoms with van der Waals surface area (Å²) < 4.78 is 11.4. The van der Waals surface area contributed by atoms with Gasteiger partial charge in [0.25, 0.3) is 11.1 Å². The van der Waals surface area contributed by atoms with Crippen molar-refractivity contribution in [1.82, 2.24) is 15.5 Å². The van der Waals surface area contributed by atoms with E-state index < -0.39 is 5.25 Å². The van der Waals surface area contributed by atoms with E-state index >= 15 is 0 Å². The van der Waals surface area contributed by atoms with E-state index in [1.807, 2.05) is 39.0 Å². The number of ether oxygens (including phenoxy) is 1. The van der Waals surface area contributed by atoms with E-state index in [-0.39, 0.29) is 18.6 Å².